The van der Waals surface area contributed by atoms with Crippen LogP contribution in [-0.4, -0.2) is 65.7 Å². The molecule has 1 amide bonds. The number of anilines is 2. The van der Waals surface area contributed by atoms with E-state index in [0.29, 0.717) is 28.8 Å². The van der Waals surface area contributed by atoms with E-state index in [9.17, 15) is 4.79 Å². The number of aliphatic imine (C=N–C) groups is 1. The van der Waals surface area contributed by atoms with E-state index >= 15 is 0 Å². The Balaban J connectivity index is 0.00000308. The van der Waals surface area contributed by atoms with Crippen molar-refractivity contribution in [3.63, 3.8) is 0 Å². The number of pyridine rings is 1. The Morgan fingerprint density at radius 1 is 1.27 bits per heavy atom. The molecule has 0 aromatic carbocycles. The highest BCUT2D eigenvalue weighted by atomic mass is 16.4. The van der Waals surface area contributed by atoms with E-state index in [4.69, 9.17) is 16.0 Å². The predicted molar refractivity (Wildman–Crippen MR) is 170 cm³/mol. The number of hydrazine groups is 1. The second-order valence-electron chi connectivity index (χ2n) is 12.0. The first-order valence-corrected chi connectivity index (χ1v) is 14.0. The van der Waals surface area contributed by atoms with E-state index in [2.05, 4.69) is 38.9 Å². The molecule has 0 aliphatic carbocycles. The molecule has 0 radical (unpaired) electrons. The number of hydrogen-bond donors (Lipinski definition) is 3. The van der Waals surface area contributed by atoms with Crippen LogP contribution in [0.25, 0.3) is 0 Å². The third kappa shape index (κ3) is 8.06. The standard InChI is InChI=1S/C30H44N8O2.CH4.H2/c1-20(2)37-13-11-36(12-14-37)18-22-9-10-33-17-24(22)25(31)19-38(32)26-15-23(16-34-21(26)3)35-29(39)27-7-8-28(40-27)30(4,5)6;;/h7-8,10,15-17,19-20,22H,9,11-14,18,31-32H2,1-6H3,(H,35,39);1H4;1H/b25-19-;;. The Labute approximate surface area is 246 Å². The van der Waals surface area contributed by atoms with Crippen molar-refractivity contribution in [1.82, 2.24) is 14.8 Å². The summed E-state index contributed by atoms with van der Waals surface area (Å²) in [7, 11) is 0. The van der Waals surface area contributed by atoms with Crippen LogP contribution >= 0.6 is 0 Å². The molecule has 4 rings (SSSR count). The lowest BCUT2D eigenvalue weighted by Gasteiger charge is -2.38. The summed E-state index contributed by atoms with van der Waals surface area (Å²) in [5, 5.41) is 4.31. The van der Waals surface area contributed by atoms with Crippen molar-refractivity contribution in [2.75, 3.05) is 43.0 Å². The van der Waals surface area contributed by atoms with E-state index in [0.717, 1.165) is 50.5 Å². The number of carbonyl (C=O) groups excluding carboxylic acids is 1. The van der Waals surface area contributed by atoms with Gasteiger partial charge in [-0.1, -0.05) is 28.2 Å². The zero-order chi connectivity index (χ0) is 29.0. The Morgan fingerprint density at radius 2 is 1.98 bits per heavy atom. The molecule has 41 heavy (non-hydrogen) atoms. The van der Waals surface area contributed by atoms with Gasteiger partial charge in [-0.15, -0.1) is 0 Å². The number of aromatic nitrogens is 1. The van der Waals surface area contributed by atoms with Crippen LogP contribution in [0.3, 0.4) is 0 Å². The maximum Gasteiger partial charge on any atom is 0.291 e. The summed E-state index contributed by atoms with van der Waals surface area (Å²) < 4.78 is 5.77. The number of hydrogen-bond acceptors (Lipinski definition) is 9. The van der Waals surface area contributed by atoms with E-state index in [-0.39, 0.29) is 31.9 Å². The number of aryl methyl sites for hydroxylation is 1. The van der Waals surface area contributed by atoms with Gasteiger partial charge in [0, 0.05) is 70.1 Å². The Bertz CT molecular complexity index is 1290. The van der Waals surface area contributed by atoms with Gasteiger partial charge >= 0.3 is 0 Å². The van der Waals surface area contributed by atoms with Crippen LogP contribution in [0.2, 0.25) is 0 Å². The van der Waals surface area contributed by atoms with Gasteiger partial charge in [-0.2, -0.15) is 0 Å². The normalized spacial score (nSPS) is 18.7. The summed E-state index contributed by atoms with van der Waals surface area (Å²) >= 11 is 0. The molecule has 5 N–H and O–H groups in total. The van der Waals surface area contributed by atoms with Crippen molar-refractivity contribution in [3.05, 3.63) is 65.3 Å². The number of rotatable bonds is 8. The van der Waals surface area contributed by atoms with Gasteiger partial charge in [0.2, 0.25) is 0 Å². The highest BCUT2D eigenvalue weighted by molar-refractivity contribution is 6.02. The van der Waals surface area contributed by atoms with Crippen LogP contribution in [-0.2, 0) is 5.41 Å². The van der Waals surface area contributed by atoms with Gasteiger partial charge in [-0.05, 0) is 51.0 Å². The minimum atomic E-state index is -0.354. The summed E-state index contributed by atoms with van der Waals surface area (Å²) in [6.45, 7) is 17.6. The second-order valence-corrected chi connectivity index (χ2v) is 12.0. The lowest BCUT2D eigenvalue weighted by molar-refractivity contribution is 0.0993. The summed E-state index contributed by atoms with van der Waals surface area (Å²) in [4.78, 5) is 26.7. The molecule has 1 atom stereocenters. The fourth-order valence-electron chi connectivity index (χ4n) is 5.01. The predicted octanol–water partition coefficient (Wildman–Crippen LogP) is 4.90. The fraction of sp³-hybridized carbons (Fsp3) is 0.516. The maximum absolute atomic E-state index is 12.8. The number of carbonyl (C=O) groups is 1. The summed E-state index contributed by atoms with van der Waals surface area (Å²) in [6, 6.07) is 5.85. The first-order valence-electron chi connectivity index (χ1n) is 14.0. The van der Waals surface area contributed by atoms with Crippen molar-refractivity contribution in [2.45, 2.75) is 66.8 Å². The molecule has 10 heteroatoms. The van der Waals surface area contributed by atoms with E-state index in [1.54, 1.807) is 24.5 Å². The maximum atomic E-state index is 12.8. The molecule has 1 fully saturated rings. The monoisotopic (exact) mass is 566 g/mol. The van der Waals surface area contributed by atoms with Crippen LogP contribution in [0.4, 0.5) is 11.4 Å². The fourth-order valence-corrected chi connectivity index (χ4v) is 5.01. The first-order chi connectivity index (χ1) is 18.9. The average molecular weight is 567 g/mol. The number of piperazine rings is 1. The number of furan rings is 1. The molecule has 2 aromatic heterocycles. The number of nitrogens with one attached hydrogen (secondary N) is 1. The average Bonchev–Trinajstić information content (AvgIpc) is 3.42. The highest BCUT2D eigenvalue weighted by Crippen LogP contribution is 2.28. The quantitative estimate of drug-likeness (QED) is 0.304. The lowest BCUT2D eigenvalue weighted by Crippen LogP contribution is -2.50. The summed E-state index contributed by atoms with van der Waals surface area (Å²) in [6.07, 6.45) is 7.93. The third-order valence-corrected chi connectivity index (χ3v) is 7.54. The number of nitrogens with two attached hydrogens (primary N) is 2. The molecule has 2 aliphatic rings. The lowest BCUT2D eigenvalue weighted by atomic mass is 9.92. The van der Waals surface area contributed by atoms with Crippen molar-refractivity contribution in [3.8, 4) is 0 Å². The molecule has 2 aromatic rings. The number of nitrogens with zero attached hydrogens (tertiary/aromatic N) is 5. The minimum Gasteiger partial charge on any atom is -0.455 e. The molecule has 0 spiro atoms. The van der Waals surface area contributed by atoms with Crippen LogP contribution in [0.15, 0.2) is 57.5 Å². The molecule has 10 nitrogen and oxygen atoms in total. The molecular weight excluding hydrogens is 516 g/mol. The van der Waals surface area contributed by atoms with E-state index in [1.165, 1.54) is 5.01 Å². The molecule has 4 heterocycles. The second kappa shape index (κ2) is 13.5. The number of allylic oxidation sites excluding steroid dienone is 1. The highest BCUT2D eigenvalue weighted by Gasteiger charge is 2.25. The molecule has 1 unspecified atom stereocenters. The van der Waals surface area contributed by atoms with Gasteiger partial charge in [-0.3, -0.25) is 24.7 Å². The summed E-state index contributed by atoms with van der Waals surface area (Å²) in [5.41, 5.74) is 9.77. The largest absolute Gasteiger partial charge is 0.455 e. The minimum absolute atomic E-state index is 0. The van der Waals surface area contributed by atoms with Crippen LogP contribution in [0, 0.1) is 12.8 Å². The van der Waals surface area contributed by atoms with Gasteiger partial charge in [0.25, 0.3) is 5.91 Å². The topological polar surface area (TPSA) is 129 Å². The van der Waals surface area contributed by atoms with Crippen molar-refractivity contribution < 1.29 is 10.6 Å². The zero-order valence-corrected chi connectivity index (χ0v) is 24.6. The van der Waals surface area contributed by atoms with E-state index in [1.807, 2.05) is 46.2 Å². The Hall–Kier alpha value is -3.47. The summed E-state index contributed by atoms with van der Waals surface area (Å²) in [5.74, 6) is 7.33. The Morgan fingerprint density at radius 3 is 2.61 bits per heavy atom. The SMILES string of the molecule is C.Cc1ncc(NC(=O)c2ccc(C(C)(C)C)o2)cc1N(N)/C=C(\N)C1=CN=CCC1CN1CCN(C(C)C)CC1.[HH]. The van der Waals surface area contributed by atoms with Gasteiger partial charge < -0.3 is 20.4 Å². The number of amides is 1. The molecule has 2 aliphatic heterocycles. The first kappa shape index (κ1) is 32.0. The van der Waals surface area contributed by atoms with Gasteiger partial charge in [-0.25, -0.2) is 5.84 Å². The Kier molecular flexibility index (Phi) is 10.5. The van der Waals surface area contributed by atoms with Crippen molar-refractivity contribution in [1.29, 1.82) is 0 Å². The zero-order valence-electron chi connectivity index (χ0n) is 24.6. The smallest absolute Gasteiger partial charge is 0.291 e. The molecule has 226 valence electrons. The third-order valence-electron chi connectivity index (χ3n) is 7.54. The van der Waals surface area contributed by atoms with Crippen LogP contribution in [0.5, 0.6) is 0 Å². The molecule has 1 saturated heterocycles. The van der Waals surface area contributed by atoms with E-state index < -0.39 is 0 Å². The molecular formula is C31H50N8O2. The van der Waals surface area contributed by atoms with Crippen molar-refractivity contribution >= 4 is 23.5 Å². The molecule has 0 bridgehead atoms. The van der Waals surface area contributed by atoms with Gasteiger partial charge in [0.1, 0.15) is 5.76 Å². The van der Waals surface area contributed by atoms with Crippen molar-refractivity contribution in [2.24, 2.45) is 22.5 Å². The van der Waals surface area contributed by atoms with Gasteiger partial charge in [0.15, 0.2) is 5.76 Å². The van der Waals surface area contributed by atoms with Crippen LogP contribution < -0.4 is 21.9 Å². The molecule has 0 saturated carbocycles. The van der Waals surface area contributed by atoms with Crippen LogP contribution in [0.1, 0.15) is 71.9 Å². The van der Waals surface area contributed by atoms with Gasteiger partial charge in [0.05, 0.1) is 29.0 Å².